The standard InChI is InChI=1S/C7H15NO3/c1-4-6(9)5-7(2,3)8(10)11/h6,9H,4-5H2,1-3H3. The molecule has 0 aromatic heterocycles. The summed E-state index contributed by atoms with van der Waals surface area (Å²) in [6, 6.07) is 0. The van der Waals surface area contributed by atoms with Gasteiger partial charge in [-0.3, -0.25) is 10.1 Å². The third-order valence-corrected chi connectivity index (χ3v) is 1.70. The van der Waals surface area contributed by atoms with Crippen LogP contribution in [0.15, 0.2) is 0 Å². The van der Waals surface area contributed by atoms with Crippen molar-refractivity contribution in [1.29, 1.82) is 0 Å². The molecule has 0 heterocycles. The molecule has 0 aromatic carbocycles. The molecule has 11 heavy (non-hydrogen) atoms. The number of nitrogens with zero attached hydrogens (tertiary/aromatic N) is 1. The first-order valence-corrected chi connectivity index (χ1v) is 3.72. The van der Waals surface area contributed by atoms with Gasteiger partial charge in [0.15, 0.2) is 0 Å². The Morgan fingerprint density at radius 3 is 2.36 bits per heavy atom. The van der Waals surface area contributed by atoms with E-state index in [0.717, 1.165) is 0 Å². The monoisotopic (exact) mass is 161 g/mol. The lowest BCUT2D eigenvalue weighted by atomic mass is 9.97. The van der Waals surface area contributed by atoms with Crippen LogP contribution in [0.2, 0.25) is 0 Å². The molecule has 1 atom stereocenters. The zero-order valence-corrected chi connectivity index (χ0v) is 7.20. The van der Waals surface area contributed by atoms with E-state index in [2.05, 4.69) is 0 Å². The highest BCUT2D eigenvalue weighted by atomic mass is 16.6. The summed E-state index contributed by atoms with van der Waals surface area (Å²) in [5, 5.41) is 19.5. The van der Waals surface area contributed by atoms with Crippen LogP contribution in [0.4, 0.5) is 0 Å². The van der Waals surface area contributed by atoms with Gasteiger partial charge >= 0.3 is 0 Å². The van der Waals surface area contributed by atoms with Crippen molar-refractivity contribution < 1.29 is 10.0 Å². The van der Waals surface area contributed by atoms with Crippen molar-refractivity contribution in [2.24, 2.45) is 0 Å². The van der Waals surface area contributed by atoms with Gasteiger partial charge in [-0.1, -0.05) is 6.92 Å². The van der Waals surface area contributed by atoms with E-state index in [4.69, 9.17) is 5.11 Å². The van der Waals surface area contributed by atoms with Gasteiger partial charge in [-0.2, -0.15) is 0 Å². The van der Waals surface area contributed by atoms with Crippen molar-refractivity contribution in [3.05, 3.63) is 10.1 Å². The van der Waals surface area contributed by atoms with Crippen molar-refractivity contribution in [3.63, 3.8) is 0 Å². The van der Waals surface area contributed by atoms with E-state index in [1.54, 1.807) is 6.92 Å². The maximum atomic E-state index is 10.4. The van der Waals surface area contributed by atoms with Crippen molar-refractivity contribution in [1.82, 2.24) is 0 Å². The number of hydrogen-bond acceptors (Lipinski definition) is 3. The molecule has 0 bridgehead atoms. The minimum atomic E-state index is -1.00. The lowest BCUT2D eigenvalue weighted by Crippen LogP contribution is -2.34. The molecule has 0 aliphatic heterocycles. The highest BCUT2D eigenvalue weighted by molar-refractivity contribution is 4.71. The molecule has 1 N–H and O–H groups in total. The van der Waals surface area contributed by atoms with E-state index in [0.29, 0.717) is 6.42 Å². The molecule has 0 saturated carbocycles. The first kappa shape index (κ1) is 10.4. The topological polar surface area (TPSA) is 63.4 Å². The largest absolute Gasteiger partial charge is 0.393 e. The predicted octanol–water partition coefficient (Wildman–Crippen LogP) is 1.20. The summed E-state index contributed by atoms with van der Waals surface area (Å²) >= 11 is 0. The van der Waals surface area contributed by atoms with E-state index in [-0.39, 0.29) is 11.3 Å². The van der Waals surface area contributed by atoms with Gasteiger partial charge in [-0.05, 0) is 6.42 Å². The van der Waals surface area contributed by atoms with Crippen LogP contribution in [0.25, 0.3) is 0 Å². The summed E-state index contributed by atoms with van der Waals surface area (Å²) in [7, 11) is 0. The van der Waals surface area contributed by atoms with Crippen molar-refractivity contribution in [3.8, 4) is 0 Å². The van der Waals surface area contributed by atoms with Gasteiger partial charge in [0, 0.05) is 25.2 Å². The van der Waals surface area contributed by atoms with Crippen LogP contribution in [0.1, 0.15) is 33.6 Å². The first-order valence-electron chi connectivity index (χ1n) is 3.72. The Balaban J connectivity index is 4.01. The number of aliphatic hydroxyl groups is 1. The van der Waals surface area contributed by atoms with E-state index in [1.807, 2.05) is 0 Å². The molecule has 0 spiro atoms. The van der Waals surface area contributed by atoms with Crippen LogP contribution in [0.5, 0.6) is 0 Å². The molecule has 0 rings (SSSR count). The number of nitro groups is 1. The van der Waals surface area contributed by atoms with Crippen LogP contribution in [0.3, 0.4) is 0 Å². The molecule has 0 aliphatic carbocycles. The van der Waals surface area contributed by atoms with Crippen LogP contribution in [-0.2, 0) is 0 Å². The highest BCUT2D eigenvalue weighted by Crippen LogP contribution is 2.16. The third kappa shape index (κ3) is 3.32. The molecule has 0 aromatic rings. The molecule has 0 saturated heterocycles. The Kier molecular flexibility index (Phi) is 3.45. The summed E-state index contributed by atoms with van der Waals surface area (Å²) in [6.45, 7) is 4.85. The Morgan fingerprint density at radius 1 is 1.64 bits per heavy atom. The average molecular weight is 161 g/mol. The second-order valence-corrected chi connectivity index (χ2v) is 3.34. The molecule has 0 aliphatic rings. The fourth-order valence-corrected chi connectivity index (χ4v) is 0.795. The van der Waals surface area contributed by atoms with E-state index < -0.39 is 11.6 Å². The van der Waals surface area contributed by atoms with Gasteiger partial charge in [0.2, 0.25) is 5.54 Å². The molecule has 4 nitrogen and oxygen atoms in total. The van der Waals surface area contributed by atoms with Crippen LogP contribution in [-0.4, -0.2) is 21.7 Å². The second kappa shape index (κ2) is 3.67. The Labute approximate surface area is 66.4 Å². The Hall–Kier alpha value is -0.640. The van der Waals surface area contributed by atoms with Crippen molar-refractivity contribution >= 4 is 0 Å². The van der Waals surface area contributed by atoms with E-state index in [9.17, 15) is 10.1 Å². The number of hydrogen-bond donors (Lipinski definition) is 1. The summed E-state index contributed by atoms with van der Waals surface area (Å²) in [5.41, 5.74) is -1.00. The molecule has 0 amide bonds. The quantitative estimate of drug-likeness (QED) is 0.497. The minimum Gasteiger partial charge on any atom is -0.393 e. The van der Waals surface area contributed by atoms with Crippen molar-refractivity contribution in [2.75, 3.05) is 0 Å². The minimum absolute atomic E-state index is 0.219. The summed E-state index contributed by atoms with van der Waals surface area (Å²) in [4.78, 5) is 10.0. The normalized spacial score (nSPS) is 14.5. The average Bonchev–Trinajstić information content (AvgIpc) is 1.86. The van der Waals surface area contributed by atoms with Gasteiger partial charge in [0.05, 0.1) is 6.10 Å². The number of rotatable bonds is 4. The SMILES string of the molecule is CCC(O)CC(C)(C)[N+](=O)[O-]. The van der Waals surface area contributed by atoms with Gasteiger partial charge in [-0.25, -0.2) is 0 Å². The zero-order valence-electron chi connectivity index (χ0n) is 7.20. The lowest BCUT2D eigenvalue weighted by Gasteiger charge is -2.18. The van der Waals surface area contributed by atoms with Gasteiger partial charge in [0.1, 0.15) is 0 Å². The second-order valence-electron chi connectivity index (χ2n) is 3.34. The first-order chi connectivity index (χ1) is 4.90. The fourth-order valence-electron chi connectivity index (χ4n) is 0.795. The predicted molar refractivity (Wildman–Crippen MR) is 42.0 cm³/mol. The summed E-state index contributed by atoms with van der Waals surface area (Å²) in [5.74, 6) is 0. The molecular weight excluding hydrogens is 146 g/mol. The van der Waals surface area contributed by atoms with Gasteiger partial charge < -0.3 is 5.11 Å². The molecule has 1 unspecified atom stereocenters. The van der Waals surface area contributed by atoms with Crippen LogP contribution < -0.4 is 0 Å². The Morgan fingerprint density at radius 2 is 2.09 bits per heavy atom. The molecule has 0 fully saturated rings. The smallest absolute Gasteiger partial charge is 0.219 e. The van der Waals surface area contributed by atoms with E-state index in [1.165, 1.54) is 13.8 Å². The zero-order chi connectivity index (χ0) is 9.07. The van der Waals surface area contributed by atoms with Crippen LogP contribution in [0, 0.1) is 10.1 Å². The van der Waals surface area contributed by atoms with Crippen molar-refractivity contribution in [2.45, 2.75) is 45.3 Å². The highest BCUT2D eigenvalue weighted by Gasteiger charge is 2.32. The molecule has 0 radical (unpaired) electrons. The summed E-state index contributed by atoms with van der Waals surface area (Å²) in [6.07, 6.45) is 0.226. The molecular formula is C7H15NO3. The third-order valence-electron chi connectivity index (χ3n) is 1.70. The maximum absolute atomic E-state index is 10.4. The fraction of sp³-hybridized carbons (Fsp3) is 1.00. The molecule has 4 heteroatoms. The van der Waals surface area contributed by atoms with Crippen LogP contribution >= 0.6 is 0 Å². The van der Waals surface area contributed by atoms with Gasteiger partial charge in [0.25, 0.3) is 0 Å². The van der Waals surface area contributed by atoms with E-state index >= 15 is 0 Å². The van der Waals surface area contributed by atoms with Gasteiger partial charge in [-0.15, -0.1) is 0 Å². The summed E-state index contributed by atoms with van der Waals surface area (Å²) < 4.78 is 0. The Bertz CT molecular complexity index is 145. The maximum Gasteiger partial charge on any atom is 0.219 e. The lowest BCUT2D eigenvalue weighted by molar-refractivity contribution is -0.563. The number of aliphatic hydroxyl groups excluding tert-OH is 1. The molecule has 66 valence electrons.